The van der Waals surface area contributed by atoms with Crippen molar-refractivity contribution in [1.29, 1.82) is 0 Å². The van der Waals surface area contributed by atoms with Gasteiger partial charge in [0, 0.05) is 18.3 Å². The van der Waals surface area contributed by atoms with Crippen molar-refractivity contribution in [3.05, 3.63) is 53.6 Å². The van der Waals surface area contributed by atoms with Gasteiger partial charge in [-0.25, -0.2) is 9.97 Å². The van der Waals surface area contributed by atoms with Crippen LogP contribution in [0.3, 0.4) is 0 Å². The van der Waals surface area contributed by atoms with Crippen LogP contribution in [0.1, 0.15) is 101 Å². The van der Waals surface area contributed by atoms with Crippen LogP contribution in [-0.2, 0) is 12.8 Å². The zero-order valence-corrected chi connectivity index (χ0v) is 19.1. The van der Waals surface area contributed by atoms with Gasteiger partial charge in [-0.05, 0) is 80.5 Å². The van der Waals surface area contributed by atoms with Crippen LogP contribution in [0.25, 0.3) is 0 Å². The SMILES string of the molecule is CCCCCCc1cnc([C@H]2CC[C@H](COc3ccc(CCCC)cc3)CC2)nc1. The molecule has 0 radical (unpaired) electrons. The zero-order valence-electron chi connectivity index (χ0n) is 19.1. The molecule has 1 aliphatic carbocycles. The number of benzene rings is 1. The summed E-state index contributed by atoms with van der Waals surface area (Å²) in [6.07, 6.45) is 18.9. The number of rotatable bonds is 12. The average Bonchev–Trinajstić information content (AvgIpc) is 2.81. The lowest BCUT2D eigenvalue weighted by Crippen LogP contribution is -2.20. The zero-order chi connectivity index (χ0) is 21.0. The topological polar surface area (TPSA) is 35.0 Å². The molecule has 30 heavy (non-hydrogen) atoms. The van der Waals surface area contributed by atoms with E-state index in [1.54, 1.807) is 0 Å². The average molecular weight is 409 g/mol. The first-order chi connectivity index (χ1) is 14.8. The molecular weight excluding hydrogens is 368 g/mol. The van der Waals surface area contributed by atoms with Crippen molar-refractivity contribution < 1.29 is 4.74 Å². The molecule has 0 atom stereocenters. The molecule has 0 amide bonds. The molecule has 3 nitrogen and oxygen atoms in total. The third-order valence-electron chi connectivity index (χ3n) is 6.48. The Kier molecular flexibility index (Phi) is 9.66. The summed E-state index contributed by atoms with van der Waals surface area (Å²) >= 11 is 0. The number of ether oxygens (including phenoxy) is 1. The van der Waals surface area contributed by atoms with Crippen molar-refractivity contribution in [2.75, 3.05) is 6.61 Å². The minimum atomic E-state index is 0.522. The highest BCUT2D eigenvalue weighted by molar-refractivity contribution is 5.27. The molecule has 0 aliphatic heterocycles. The van der Waals surface area contributed by atoms with Gasteiger partial charge in [-0.2, -0.15) is 0 Å². The number of aromatic nitrogens is 2. The molecule has 1 aliphatic rings. The maximum Gasteiger partial charge on any atom is 0.131 e. The Morgan fingerprint density at radius 2 is 1.43 bits per heavy atom. The van der Waals surface area contributed by atoms with Gasteiger partial charge in [-0.1, -0.05) is 51.7 Å². The van der Waals surface area contributed by atoms with E-state index >= 15 is 0 Å². The molecule has 1 heterocycles. The normalized spacial score (nSPS) is 19.0. The lowest BCUT2D eigenvalue weighted by molar-refractivity contribution is 0.198. The monoisotopic (exact) mass is 408 g/mol. The van der Waals surface area contributed by atoms with Gasteiger partial charge >= 0.3 is 0 Å². The molecular formula is C27H40N2O. The first-order valence-electron chi connectivity index (χ1n) is 12.3. The molecule has 1 fully saturated rings. The summed E-state index contributed by atoms with van der Waals surface area (Å²) < 4.78 is 6.09. The van der Waals surface area contributed by atoms with Crippen LogP contribution >= 0.6 is 0 Å². The van der Waals surface area contributed by atoms with Gasteiger partial charge in [0.15, 0.2) is 0 Å². The van der Waals surface area contributed by atoms with E-state index in [0.29, 0.717) is 11.8 Å². The summed E-state index contributed by atoms with van der Waals surface area (Å²) in [6.45, 7) is 5.33. The molecule has 2 aromatic rings. The molecule has 1 aromatic heterocycles. The Morgan fingerprint density at radius 3 is 2.10 bits per heavy atom. The van der Waals surface area contributed by atoms with Crippen molar-refractivity contribution in [1.82, 2.24) is 9.97 Å². The van der Waals surface area contributed by atoms with Gasteiger partial charge in [0.25, 0.3) is 0 Å². The maximum absolute atomic E-state index is 6.09. The lowest BCUT2D eigenvalue weighted by Gasteiger charge is -2.27. The third kappa shape index (κ3) is 7.41. The van der Waals surface area contributed by atoms with Crippen LogP contribution in [0.5, 0.6) is 5.75 Å². The summed E-state index contributed by atoms with van der Waals surface area (Å²) in [6, 6.07) is 8.70. The van der Waals surface area contributed by atoms with Crippen molar-refractivity contribution >= 4 is 0 Å². The minimum Gasteiger partial charge on any atom is -0.493 e. The van der Waals surface area contributed by atoms with E-state index in [-0.39, 0.29) is 0 Å². The summed E-state index contributed by atoms with van der Waals surface area (Å²) in [5, 5.41) is 0. The van der Waals surface area contributed by atoms with E-state index in [0.717, 1.165) is 24.6 Å². The number of aryl methyl sites for hydroxylation is 2. The van der Waals surface area contributed by atoms with Crippen LogP contribution in [0.4, 0.5) is 0 Å². The van der Waals surface area contributed by atoms with Gasteiger partial charge in [0.1, 0.15) is 11.6 Å². The Morgan fingerprint density at radius 1 is 0.767 bits per heavy atom. The van der Waals surface area contributed by atoms with E-state index in [4.69, 9.17) is 14.7 Å². The highest BCUT2D eigenvalue weighted by atomic mass is 16.5. The molecule has 0 unspecified atom stereocenters. The highest BCUT2D eigenvalue weighted by Crippen LogP contribution is 2.34. The fourth-order valence-corrected chi connectivity index (χ4v) is 4.40. The quantitative estimate of drug-likeness (QED) is 0.346. The van der Waals surface area contributed by atoms with Gasteiger partial charge < -0.3 is 4.74 Å². The first kappa shape index (κ1) is 22.8. The Labute approximate surface area is 183 Å². The van der Waals surface area contributed by atoms with Gasteiger partial charge in [-0.3, -0.25) is 0 Å². The van der Waals surface area contributed by atoms with Crippen LogP contribution in [0, 0.1) is 5.92 Å². The van der Waals surface area contributed by atoms with Crippen LogP contribution < -0.4 is 4.74 Å². The van der Waals surface area contributed by atoms with Crippen LogP contribution in [-0.4, -0.2) is 16.6 Å². The summed E-state index contributed by atoms with van der Waals surface area (Å²) in [5.41, 5.74) is 2.70. The van der Waals surface area contributed by atoms with Crippen molar-refractivity contribution in [2.24, 2.45) is 5.92 Å². The number of unbranched alkanes of at least 4 members (excludes halogenated alkanes) is 4. The Balaban J connectivity index is 1.37. The largest absolute Gasteiger partial charge is 0.493 e. The molecule has 1 saturated carbocycles. The van der Waals surface area contributed by atoms with E-state index in [2.05, 4.69) is 50.5 Å². The summed E-state index contributed by atoms with van der Waals surface area (Å²) in [4.78, 5) is 9.41. The predicted octanol–water partition coefficient (Wildman–Crippen LogP) is 7.29. The molecule has 3 heteroatoms. The number of hydrogen-bond acceptors (Lipinski definition) is 3. The van der Waals surface area contributed by atoms with Crippen molar-refractivity contribution in [3.63, 3.8) is 0 Å². The third-order valence-corrected chi connectivity index (χ3v) is 6.48. The summed E-state index contributed by atoms with van der Waals surface area (Å²) in [7, 11) is 0. The van der Waals surface area contributed by atoms with Gasteiger partial charge in [-0.15, -0.1) is 0 Å². The standard InChI is InChI=1S/C27H40N2O/c1-3-5-7-8-10-24-19-28-27(29-20-24)25-15-11-23(12-16-25)21-30-26-17-13-22(14-18-26)9-6-4-2/h13-14,17-20,23,25H,3-12,15-16,21H2,1-2H3/t23-,25-. The highest BCUT2D eigenvalue weighted by Gasteiger charge is 2.24. The second-order valence-corrected chi connectivity index (χ2v) is 9.04. The van der Waals surface area contributed by atoms with Crippen molar-refractivity contribution in [2.45, 2.75) is 96.8 Å². The van der Waals surface area contributed by atoms with Crippen LogP contribution in [0.15, 0.2) is 36.7 Å². The molecule has 0 saturated heterocycles. The fraction of sp³-hybridized carbons (Fsp3) is 0.630. The number of hydrogen-bond donors (Lipinski definition) is 0. The molecule has 0 bridgehead atoms. The van der Waals surface area contributed by atoms with Gasteiger partial charge in [0.2, 0.25) is 0 Å². The minimum absolute atomic E-state index is 0.522. The van der Waals surface area contributed by atoms with E-state index in [1.165, 1.54) is 81.8 Å². The second-order valence-electron chi connectivity index (χ2n) is 9.04. The van der Waals surface area contributed by atoms with E-state index in [1.807, 2.05) is 0 Å². The Hall–Kier alpha value is -1.90. The molecule has 3 rings (SSSR count). The van der Waals surface area contributed by atoms with E-state index in [9.17, 15) is 0 Å². The molecule has 1 aromatic carbocycles. The Bertz CT molecular complexity index is 703. The second kappa shape index (κ2) is 12.7. The molecule has 0 spiro atoms. The smallest absolute Gasteiger partial charge is 0.131 e. The number of nitrogens with zero attached hydrogens (tertiary/aromatic N) is 2. The summed E-state index contributed by atoms with van der Waals surface area (Å²) in [5.74, 6) is 3.23. The first-order valence-corrected chi connectivity index (χ1v) is 12.3. The van der Waals surface area contributed by atoms with Gasteiger partial charge in [0.05, 0.1) is 6.61 Å². The van der Waals surface area contributed by atoms with Crippen molar-refractivity contribution in [3.8, 4) is 5.75 Å². The maximum atomic E-state index is 6.09. The lowest BCUT2D eigenvalue weighted by atomic mass is 9.82. The molecule has 0 N–H and O–H groups in total. The fourth-order valence-electron chi connectivity index (χ4n) is 4.40. The predicted molar refractivity (Wildman–Crippen MR) is 125 cm³/mol. The van der Waals surface area contributed by atoms with Crippen LogP contribution in [0.2, 0.25) is 0 Å². The molecule has 164 valence electrons. The van der Waals surface area contributed by atoms with E-state index < -0.39 is 0 Å².